The second-order valence-corrected chi connectivity index (χ2v) is 1.52. The minimum absolute atomic E-state index is 0.231. The van der Waals surface area contributed by atoms with Gasteiger partial charge in [0.15, 0.2) is 0 Å². The number of rotatable bonds is 1. The van der Waals surface area contributed by atoms with Gasteiger partial charge in [-0.3, -0.25) is 5.73 Å². The summed E-state index contributed by atoms with van der Waals surface area (Å²) < 4.78 is 0. The van der Waals surface area contributed by atoms with Crippen molar-refractivity contribution in [3.8, 4) is 0 Å². The normalized spacial score (nSPS) is 9.00. The monoisotopic (exact) mass is 123 g/mol. The van der Waals surface area contributed by atoms with Crippen LogP contribution in [0.3, 0.4) is 0 Å². The maximum atomic E-state index is 7.05. The van der Waals surface area contributed by atoms with Crippen molar-refractivity contribution in [1.82, 2.24) is 15.7 Å². The lowest BCUT2D eigenvalue weighted by Crippen LogP contribution is -1.94. The quantitative estimate of drug-likeness (QED) is 0.589. The molecule has 0 saturated heterocycles. The molecular weight excluding hydrogens is 116 g/mol. The average molecular weight is 123 g/mol. The maximum Gasteiger partial charge on any atom is 0.224 e. The zero-order valence-corrected chi connectivity index (χ0v) is 5.05. The van der Waals surface area contributed by atoms with Gasteiger partial charge in [-0.1, -0.05) is 0 Å². The van der Waals surface area contributed by atoms with Gasteiger partial charge in [-0.2, -0.15) is 4.98 Å². The van der Waals surface area contributed by atoms with E-state index in [9.17, 15) is 0 Å². The molecule has 0 aliphatic carbocycles. The molecule has 0 aliphatic heterocycles. The first-order valence-electron chi connectivity index (χ1n) is 2.55. The van der Waals surface area contributed by atoms with Gasteiger partial charge in [0, 0.05) is 19.3 Å². The predicted molar refractivity (Wildman–Crippen MR) is 34.3 cm³/mol. The predicted octanol–water partition coefficient (Wildman–Crippen LogP) is 0.433. The standard InChI is InChI=1S/C5H7N4/c1-7-5-8-3-2-4(6)9-5/h2-3,6H,1H3,(H,7,8,9). The molecule has 2 N–H and O–H groups in total. The van der Waals surface area contributed by atoms with E-state index in [1.807, 2.05) is 0 Å². The highest BCUT2D eigenvalue weighted by Gasteiger charge is 1.89. The summed E-state index contributed by atoms with van der Waals surface area (Å²) in [6, 6.07) is 1.53. The van der Waals surface area contributed by atoms with Gasteiger partial charge in [0.1, 0.15) is 5.82 Å². The topological polar surface area (TPSA) is 61.6 Å². The Morgan fingerprint density at radius 3 is 2.89 bits per heavy atom. The van der Waals surface area contributed by atoms with Gasteiger partial charge in [-0.05, 0) is 0 Å². The van der Waals surface area contributed by atoms with Crippen LogP contribution < -0.4 is 11.1 Å². The first-order chi connectivity index (χ1) is 4.33. The van der Waals surface area contributed by atoms with Crippen molar-refractivity contribution in [3.05, 3.63) is 12.3 Å². The summed E-state index contributed by atoms with van der Waals surface area (Å²) in [6.07, 6.45) is 1.54. The van der Waals surface area contributed by atoms with E-state index in [2.05, 4.69) is 15.3 Å². The highest BCUT2D eigenvalue weighted by Crippen LogP contribution is 1.99. The molecule has 4 nitrogen and oxygen atoms in total. The molecule has 1 aromatic rings. The summed E-state index contributed by atoms with van der Waals surface area (Å²) in [5.41, 5.74) is 7.05. The lowest BCUT2D eigenvalue weighted by atomic mass is 10.6. The van der Waals surface area contributed by atoms with Gasteiger partial charge in [0.2, 0.25) is 5.95 Å². The Morgan fingerprint density at radius 1 is 1.67 bits per heavy atom. The van der Waals surface area contributed by atoms with Crippen LogP contribution in [0.5, 0.6) is 0 Å². The average Bonchev–Trinajstić information content (AvgIpc) is 1.88. The van der Waals surface area contributed by atoms with Crippen molar-refractivity contribution < 1.29 is 0 Å². The Morgan fingerprint density at radius 2 is 2.44 bits per heavy atom. The Bertz CT molecular complexity index is 198. The van der Waals surface area contributed by atoms with Gasteiger partial charge >= 0.3 is 0 Å². The molecule has 0 unspecified atom stereocenters. The van der Waals surface area contributed by atoms with Gasteiger partial charge in [-0.15, -0.1) is 0 Å². The number of aromatic nitrogens is 2. The van der Waals surface area contributed by atoms with Crippen LogP contribution in [-0.4, -0.2) is 17.0 Å². The number of hydrogen-bond acceptors (Lipinski definition) is 3. The van der Waals surface area contributed by atoms with E-state index in [4.69, 9.17) is 5.73 Å². The maximum absolute atomic E-state index is 7.05. The third kappa shape index (κ3) is 1.28. The Hall–Kier alpha value is -1.32. The van der Waals surface area contributed by atoms with E-state index in [-0.39, 0.29) is 5.82 Å². The molecule has 1 heterocycles. The van der Waals surface area contributed by atoms with Gasteiger partial charge < -0.3 is 5.32 Å². The van der Waals surface area contributed by atoms with Crippen LogP contribution in [0.2, 0.25) is 0 Å². The molecule has 0 aromatic carbocycles. The molecule has 0 bridgehead atoms. The molecule has 0 aliphatic rings. The van der Waals surface area contributed by atoms with Crippen LogP contribution >= 0.6 is 0 Å². The van der Waals surface area contributed by atoms with E-state index in [0.717, 1.165) is 0 Å². The zero-order chi connectivity index (χ0) is 6.69. The SMILES string of the molecule is CNc1nccc([NH])n1. The molecule has 1 radical (unpaired) electrons. The highest BCUT2D eigenvalue weighted by molar-refractivity contribution is 5.31. The van der Waals surface area contributed by atoms with Crippen molar-refractivity contribution >= 4 is 11.8 Å². The fourth-order valence-corrected chi connectivity index (χ4v) is 0.479. The van der Waals surface area contributed by atoms with Crippen LogP contribution in [0.1, 0.15) is 0 Å². The van der Waals surface area contributed by atoms with E-state index in [1.165, 1.54) is 6.07 Å². The summed E-state index contributed by atoms with van der Waals surface area (Å²) >= 11 is 0. The molecule has 1 rings (SSSR count). The Kier molecular flexibility index (Phi) is 1.48. The molecule has 0 saturated carbocycles. The van der Waals surface area contributed by atoms with Crippen LogP contribution in [0.25, 0.3) is 0 Å². The van der Waals surface area contributed by atoms with Crippen LogP contribution in [0, 0.1) is 0 Å². The number of nitrogens with zero attached hydrogens (tertiary/aromatic N) is 2. The number of nitrogens with one attached hydrogen (secondary N) is 2. The van der Waals surface area contributed by atoms with E-state index < -0.39 is 0 Å². The van der Waals surface area contributed by atoms with Gasteiger partial charge in [0.25, 0.3) is 0 Å². The molecular formula is C5H7N4. The smallest absolute Gasteiger partial charge is 0.224 e. The minimum atomic E-state index is 0.231. The Labute approximate surface area is 53.1 Å². The first kappa shape index (κ1) is 5.81. The second-order valence-electron chi connectivity index (χ2n) is 1.52. The van der Waals surface area contributed by atoms with Gasteiger partial charge in [0.05, 0.1) is 0 Å². The van der Waals surface area contributed by atoms with Crippen molar-refractivity contribution in [1.29, 1.82) is 0 Å². The molecule has 9 heavy (non-hydrogen) atoms. The Balaban J connectivity index is 2.94. The summed E-state index contributed by atoms with van der Waals surface area (Å²) in [5, 5.41) is 2.73. The largest absolute Gasteiger partial charge is 0.357 e. The fraction of sp³-hybridized carbons (Fsp3) is 0.200. The minimum Gasteiger partial charge on any atom is -0.357 e. The number of anilines is 1. The van der Waals surface area contributed by atoms with E-state index in [0.29, 0.717) is 5.95 Å². The van der Waals surface area contributed by atoms with Crippen LogP contribution in [0.15, 0.2) is 12.3 Å². The number of hydrogen-bond donors (Lipinski definition) is 1. The molecule has 1 aromatic heterocycles. The molecule has 0 spiro atoms. The summed E-state index contributed by atoms with van der Waals surface area (Å²) in [5.74, 6) is 0.719. The molecule has 0 fully saturated rings. The first-order valence-corrected chi connectivity index (χ1v) is 2.55. The molecule has 47 valence electrons. The molecule has 0 atom stereocenters. The zero-order valence-electron chi connectivity index (χ0n) is 5.05. The van der Waals surface area contributed by atoms with E-state index >= 15 is 0 Å². The van der Waals surface area contributed by atoms with Crippen molar-refractivity contribution in [3.63, 3.8) is 0 Å². The summed E-state index contributed by atoms with van der Waals surface area (Å²) in [7, 11) is 1.72. The molecule has 4 heteroatoms. The van der Waals surface area contributed by atoms with Crippen molar-refractivity contribution in [2.45, 2.75) is 0 Å². The van der Waals surface area contributed by atoms with Gasteiger partial charge in [-0.25, -0.2) is 4.98 Å². The van der Waals surface area contributed by atoms with Crippen molar-refractivity contribution in [2.75, 3.05) is 12.4 Å². The third-order valence-electron chi connectivity index (χ3n) is 0.879. The lowest BCUT2D eigenvalue weighted by molar-refractivity contribution is 1.13. The second kappa shape index (κ2) is 2.30. The molecule has 0 amide bonds. The fourth-order valence-electron chi connectivity index (χ4n) is 0.479. The van der Waals surface area contributed by atoms with E-state index in [1.54, 1.807) is 13.2 Å². The summed E-state index contributed by atoms with van der Waals surface area (Å²) in [6.45, 7) is 0. The van der Waals surface area contributed by atoms with Crippen LogP contribution in [-0.2, 0) is 0 Å². The van der Waals surface area contributed by atoms with Crippen LogP contribution in [0.4, 0.5) is 11.8 Å². The highest BCUT2D eigenvalue weighted by atomic mass is 15.1. The van der Waals surface area contributed by atoms with Crippen molar-refractivity contribution in [2.24, 2.45) is 0 Å². The lowest BCUT2D eigenvalue weighted by Gasteiger charge is -1.94. The third-order valence-corrected chi connectivity index (χ3v) is 0.879. The summed E-state index contributed by atoms with van der Waals surface area (Å²) in [4.78, 5) is 7.55.